The van der Waals surface area contributed by atoms with Crippen LogP contribution in [-0.4, -0.2) is 25.0 Å². The van der Waals surface area contributed by atoms with Crippen molar-refractivity contribution in [3.8, 4) is 12.5 Å². The predicted octanol–water partition coefficient (Wildman–Crippen LogP) is 0.909. The lowest BCUT2D eigenvalue weighted by molar-refractivity contribution is 0.00417. The molecule has 66 valence electrons. The van der Waals surface area contributed by atoms with Crippen LogP contribution in [0.4, 0.5) is 4.79 Å². The lowest BCUT2D eigenvalue weighted by Gasteiger charge is -2.20. The van der Waals surface area contributed by atoms with E-state index < -0.39 is 11.8 Å². The van der Waals surface area contributed by atoms with E-state index in [4.69, 9.17) is 15.9 Å². The SMILES string of the molecule is C#COCC1(CC)COC(=O)O1. The zero-order valence-electron chi connectivity index (χ0n) is 6.83. The van der Waals surface area contributed by atoms with Crippen LogP contribution >= 0.6 is 0 Å². The molecule has 1 heterocycles. The molecule has 0 aromatic heterocycles. The Balaban J connectivity index is 2.53. The van der Waals surface area contributed by atoms with Gasteiger partial charge < -0.3 is 14.2 Å². The van der Waals surface area contributed by atoms with Crippen LogP contribution in [0.5, 0.6) is 0 Å². The third-order valence-electron chi connectivity index (χ3n) is 1.82. The molecule has 1 rings (SSSR count). The highest BCUT2D eigenvalue weighted by atomic mass is 16.8. The first kappa shape index (κ1) is 8.72. The largest absolute Gasteiger partial charge is 0.509 e. The van der Waals surface area contributed by atoms with Crippen LogP contribution in [0, 0.1) is 12.5 Å². The summed E-state index contributed by atoms with van der Waals surface area (Å²) in [5.74, 6) is 0. The van der Waals surface area contributed by atoms with Crippen molar-refractivity contribution in [3.05, 3.63) is 0 Å². The molecule has 0 N–H and O–H groups in total. The Bertz CT molecular complexity index is 218. The van der Waals surface area contributed by atoms with Crippen molar-refractivity contribution in [2.24, 2.45) is 0 Å². The lowest BCUT2D eigenvalue weighted by atomic mass is 10.0. The zero-order valence-corrected chi connectivity index (χ0v) is 6.83. The van der Waals surface area contributed by atoms with Gasteiger partial charge in [0.05, 0.1) is 0 Å². The molecule has 1 unspecified atom stereocenters. The van der Waals surface area contributed by atoms with Crippen LogP contribution in [0.1, 0.15) is 13.3 Å². The molecule has 0 amide bonds. The van der Waals surface area contributed by atoms with Crippen LogP contribution in [-0.2, 0) is 14.2 Å². The molecule has 1 aliphatic rings. The summed E-state index contributed by atoms with van der Waals surface area (Å²) < 4.78 is 14.3. The highest BCUT2D eigenvalue weighted by Crippen LogP contribution is 2.23. The van der Waals surface area contributed by atoms with Gasteiger partial charge in [-0.3, -0.25) is 0 Å². The van der Waals surface area contributed by atoms with Crippen molar-refractivity contribution in [1.82, 2.24) is 0 Å². The van der Waals surface area contributed by atoms with E-state index in [0.717, 1.165) is 0 Å². The van der Waals surface area contributed by atoms with Gasteiger partial charge in [-0.25, -0.2) is 4.79 Å². The Kier molecular flexibility index (Phi) is 2.44. The second kappa shape index (κ2) is 3.35. The number of ether oxygens (including phenoxy) is 3. The van der Waals surface area contributed by atoms with Gasteiger partial charge in [0.15, 0.2) is 5.60 Å². The molecule has 0 aromatic carbocycles. The highest BCUT2D eigenvalue weighted by molar-refractivity contribution is 5.62. The Morgan fingerprint density at radius 3 is 3.00 bits per heavy atom. The van der Waals surface area contributed by atoms with Crippen LogP contribution in [0.25, 0.3) is 0 Å². The smallest absolute Gasteiger partial charge is 0.442 e. The first-order chi connectivity index (χ1) is 5.72. The average Bonchev–Trinajstić information content (AvgIpc) is 2.45. The van der Waals surface area contributed by atoms with E-state index >= 15 is 0 Å². The molecular formula is C8H10O4. The maximum atomic E-state index is 10.6. The van der Waals surface area contributed by atoms with E-state index in [-0.39, 0.29) is 13.2 Å². The summed E-state index contributed by atoms with van der Waals surface area (Å²) in [6.45, 7) is 2.28. The quantitative estimate of drug-likeness (QED) is 0.466. The van der Waals surface area contributed by atoms with Crippen molar-refractivity contribution in [2.45, 2.75) is 18.9 Å². The maximum absolute atomic E-state index is 10.6. The van der Waals surface area contributed by atoms with Crippen LogP contribution in [0.2, 0.25) is 0 Å². The molecule has 0 spiro atoms. The standard InChI is InChI=1S/C8H10O4/c1-3-8(5-10-4-2)6-11-7(9)12-8/h2H,3,5-6H2,1H3. The van der Waals surface area contributed by atoms with Gasteiger partial charge in [-0.2, -0.15) is 0 Å². The monoisotopic (exact) mass is 170 g/mol. The molecule has 0 bridgehead atoms. The van der Waals surface area contributed by atoms with Gasteiger partial charge in [0.25, 0.3) is 0 Å². The summed E-state index contributed by atoms with van der Waals surface area (Å²) in [6.07, 6.45) is 6.89. The molecule has 4 nitrogen and oxygen atoms in total. The summed E-state index contributed by atoms with van der Waals surface area (Å²) in [4.78, 5) is 10.6. The minimum Gasteiger partial charge on any atom is -0.442 e. The van der Waals surface area contributed by atoms with Gasteiger partial charge in [-0.15, -0.1) is 0 Å². The van der Waals surface area contributed by atoms with Gasteiger partial charge >= 0.3 is 6.16 Å². The molecule has 0 aromatic rings. The van der Waals surface area contributed by atoms with Gasteiger partial charge in [-0.05, 0) is 6.42 Å². The summed E-state index contributed by atoms with van der Waals surface area (Å²) >= 11 is 0. The van der Waals surface area contributed by atoms with E-state index in [1.54, 1.807) is 0 Å². The molecule has 1 saturated heterocycles. The predicted molar refractivity (Wildman–Crippen MR) is 40.2 cm³/mol. The van der Waals surface area contributed by atoms with Gasteiger partial charge in [0.1, 0.15) is 19.3 Å². The highest BCUT2D eigenvalue weighted by Gasteiger charge is 2.41. The van der Waals surface area contributed by atoms with E-state index in [9.17, 15) is 4.79 Å². The molecule has 1 fully saturated rings. The van der Waals surface area contributed by atoms with Crippen LogP contribution in [0.3, 0.4) is 0 Å². The van der Waals surface area contributed by atoms with Crippen molar-refractivity contribution >= 4 is 6.16 Å². The first-order valence-electron chi connectivity index (χ1n) is 3.65. The Morgan fingerprint density at radius 2 is 2.58 bits per heavy atom. The molecule has 1 aliphatic heterocycles. The van der Waals surface area contributed by atoms with Gasteiger partial charge in [0.2, 0.25) is 0 Å². The Hall–Kier alpha value is -1.37. The number of carbonyl (C=O) groups excluding carboxylic acids is 1. The number of carbonyl (C=O) groups is 1. The molecular weight excluding hydrogens is 160 g/mol. The fraction of sp³-hybridized carbons (Fsp3) is 0.625. The third kappa shape index (κ3) is 1.62. The van der Waals surface area contributed by atoms with Crippen molar-refractivity contribution < 1.29 is 19.0 Å². The minimum atomic E-state index is -0.677. The van der Waals surface area contributed by atoms with Crippen molar-refractivity contribution in [1.29, 1.82) is 0 Å². The second-order valence-corrected chi connectivity index (χ2v) is 2.58. The summed E-state index contributed by atoms with van der Waals surface area (Å²) in [5.41, 5.74) is -0.677. The lowest BCUT2D eigenvalue weighted by Crippen LogP contribution is -2.36. The molecule has 1 atom stereocenters. The van der Waals surface area contributed by atoms with E-state index in [1.807, 2.05) is 13.0 Å². The Morgan fingerprint density at radius 1 is 1.83 bits per heavy atom. The van der Waals surface area contributed by atoms with Crippen LogP contribution < -0.4 is 0 Å². The number of terminal acetylenes is 1. The summed E-state index contributed by atoms with van der Waals surface area (Å²) in [5, 5.41) is 0. The van der Waals surface area contributed by atoms with Crippen molar-refractivity contribution in [2.75, 3.05) is 13.2 Å². The normalized spacial score (nSPS) is 27.2. The fourth-order valence-electron chi connectivity index (χ4n) is 0.947. The average molecular weight is 170 g/mol. The van der Waals surface area contributed by atoms with E-state index in [0.29, 0.717) is 6.42 Å². The van der Waals surface area contributed by atoms with E-state index in [1.165, 1.54) is 0 Å². The number of rotatable bonds is 3. The van der Waals surface area contributed by atoms with Gasteiger partial charge in [-0.1, -0.05) is 13.3 Å². The van der Waals surface area contributed by atoms with Crippen molar-refractivity contribution in [3.63, 3.8) is 0 Å². The molecule has 0 aliphatic carbocycles. The number of cyclic esters (lactones) is 2. The Labute approximate surface area is 70.8 Å². The third-order valence-corrected chi connectivity index (χ3v) is 1.82. The van der Waals surface area contributed by atoms with E-state index in [2.05, 4.69) is 4.74 Å². The minimum absolute atomic E-state index is 0.186. The fourth-order valence-corrected chi connectivity index (χ4v) is 0.947. The molecule has 4 heteroatoms. The number of hydrogen-bond acceptors (Lipinski definition) is 4. The summed E-state index contributed by atoms with van der Waals surface area (Å²) in [7, 11) is 0. The molecule has 0 saturated carbocycles. The second-order valence-electron chi connectivity index (χ2n) is 2.58. The zero-order chi connectivity index (χ0) is 9.03. The van der Waals surface area contributed by atoms with Gasteiger partial charge in [0, 0.05) is 0 Å². The number of hydrogen-bond donors (Lipinski definition) is 0. The molecule has 0 radical (unpaired) electrons. The molecule has 12 heavy (non-hydrogen) atoms. The van der Waals surface area contributed by atoms with Crippen LogP contribution in [0.15, 0.2) is 0 Å². The topological polar surface area (TPSA) is 44.8 Å². The first-order valence-corrected chi connectivity index (χ1v) is 3.65. The maximum Gasteiger partial charge on any atom is 0.509 e. The summed E-state index contributed by atoms with van der Waals surface area (Å²) in [6, 6.07) is 0.